The number of aromatic amines is 2. The maximum absolute atomic E-state index is 12.7. The van der Waals surface area contributed by atoms with Crippen molar-refractivity contribution in [2.75, 3.05) is 26.0 Å². The minimum atomic E-state index is -0.384. The highest BCUT2D eigenvalue weighted by molar-refractivity contribution is 6.04. The summed E-state index contributed by atoms with van der Waals surface area (Å²) in [5.41, 5.74) is 5.34. The standard InChI is InChI=1S/C30H31N5O3/c1-34(2)14-13-23-18-31-26-12-11-20(16-25(23)26)17-27-29(37)35(30(38)33-27)19-21-7-6-10-24(15-21)32-28(36)22-8-4-3-5-9-22/h3-12,15-16,18,31,37H,13-14,17,19H2,1-2H3,(H,32,36)(H,33,38). The molecular formula is C30H31N5O3. The second-order valence-electron chi connectivity index (χ2n) is 9.76. The van der Waals surface area contributed by atoms with Crippen molar-refractivity contribution in [3.8, 4) is 5.88 Å². The summed E-state index contributed by atoms with van der Waals surface area (Å²) >= 11 is 0. The molecule has 0 bridgehead atoms. The summed E-state index contributed by atoms with van der Waals surface area (Å²) in [5.74, 6) is -0.299. The molecular weight excluding hydrogens is 478 g/mol. The van der Waals surface area contributed by atoms with Gasteiger partial charge in [0.1, 0.15) is 0 Å². The van der Waals surface area contributed by atoms with Crippen molar-refractivity contribution in [1.82, 2.24) is 19.4 Å². The summed E-state index contributed by atoms with van der Waals surface area (Å²) in [7, 11) is 4.11. The molecule has 4 N–H and O–H groups in total. The fourth-order valence-electron chi connectivity index (χ4n) is 4.59. The zero-order valence-electron chi connectivity index (χ0n) is 21.5. The number of H-pyrrole nitrogens is 2. The van der Waals surface area contributed by atoms with Gasteiger partial charge in [-0.1, -0.05) is 36.4 Å². The van der Waals surface area contributed by atoms with Crippen molar-refractivity contribution < 1.29 is 9.90 Å². The fraction of sp³-hybridized carbons (Fsp3) is 0.200. The average Bonchev–Trinajstić information content (AvgIpc) is 3.43. The van der Waals surface area contributed by atoms with Crippen molar-refractivity contribution in [1.29, 1.82) is 0 Å². The second kappa shape index (κ2) is 10.8. The average molecular weight is 510 g/mol. The molecule has 0 spiro atoms. The predicted octanol–water partition coefficient (Wildman–Crippen LogP) is 4.36. The molecule has 1 amide bonds. The SMILES string of the molecule is CN(C)CCc1c[nH]c2ccc(Cc3[nH]c(=O)n(Cc4cccc(NC(=O)c5ccccc5)c4)c3O)cc12. The van der Waals surface area contributed by atoms with Gasteiger partial charge >= 0.3 is 5.69 Å². The number of nitrogens with one attached hydrogen (secondary N) is 3. The number of hydrogen-bond acceptors (Lipinski definition) is 4. The number of carbonyl (C=O) groups excluding carboxylic acids is 1. The number of imidazole rings is 1. The summed E-state index contributed by atoms with van der Waals surface area (Å²) in [6.45, 7) is 1.12. The second-order valence-corrected chi connectivity index (χ2v) is 9.76. The van der Waals surface area contributed by atoms with Crippen LogP contribution in [0.1, 0.15) is 32.7 Å². The maximum atomic E-state index is 12.7. The Morgan fingerprint density at radius 1 is 1.00 bits per heavy atom. The number of benzene rings is 3. The highest BCUT2D eigenvalue weighted by Crippen LogP contribution is 2.24. The van der Waals surface area contributed by atoms with E-state index in [9.17, 15) is 14.7 Å². The molecule has 2 heterocycles. The fourth-order valence-corrected chi connectivity index (χ4v) is 4.59. The van der Waals surface area contributed by atoms with E-state index in [0.717, 1.165) is 35.0 Å². The van der Waals surface area contributed by atoms with Gasteiger partial charge in [-0.25, -0.2) is 4.79 Å². The first kappa shape index (κ1) is 25.1. The van der Waals surface area contributed by atoms with Crippen molar-refractivity contribution in [3.05, 3.63) is 117 Å². The van der Waals surface area contributed by atoms with Gasteiger partial charge in [-0.15, -0.1) is 0 Å². The lowest BCUT2D eigenvalue weighted by Crippen LogP contribution is -2.17. The Morgan fingerprint density at radius 2 is 1.82 bits per heavy atom. The number of fused-ring (bicyclic) bond motifs is 1. The predicted molar refractivity (Wildman–Crippen MR) is 150 cm³/mol. The Balaban J connectivity index is 1.32. The Bertz CT molecular complexity index is 1630. The molecule has 3 aromatic carbocycles. The van der Waals surface area contributed by atoms with Gasteiger partial charge in [-0.05, 0) is 73.6 Å². The van der Waals surface area contributed by atoms with Gasteiger partial charge in [0.05, 0.1) is 12.2 Å². The van der Waals surface area contributed by atoms with E-state index in [1.807, 2.05) is 48.7 Å². The van der Waals surface area contributed by atoms with Crippen LogP contribution >= 0.6 is 0 Å². The topological polar surface area (TPSA) is 106 Å². The van der Waals surface area contributed by atoms with Gasteiger partial charge in [0.15, 0.2) is 0 Å². The first-order chi connectivity index (χ1) is 18.4. The van der Waals surface area contributed by atoms with Crippen LogP contribution in [0.15, 0.2) is 83.8 Å². The summed E-state index contributed by atoms with van der Waals surface area (Å²) in [6.07, 6.45) is 3.37. The number of aromatic nitrogens is 3. The van der Waals surface area contributed by atoms with E-state index in [-0.39, 0.29) is 24.0 Å². The Morgan fingerprint density at radius 3 is 2.61 bits per heavy atom. The summed E-state index contributed by atoms with van der Waals surface area (Å²) in [5, 5.41) is 15.0. The van der Waals surface area contributed by atoms with Crippen molar-refractivity contribution in [2.24, 2.45) is 0 Å². The number of rotatable bonds is 9. The lowest BCUT2D eigenvalue weighted by molar-refractivity contribution is 0.102. The third-order valence-electron chi connectivity index (χ3n) is 6.63. The molecule has 0 radical (unpaired) electrons. The molecule has 0 fully saturated rings. The molecule has 2 aromatic heterocycles. The van der Waals surface area contributed by atoms with E-state index in [1.165, 1.54) is 10.1 Å². The monoisotopic (exact) mass is 509 g/mol. The van der Waals surface area contributed by atoms with Crippen LogP contribution in [0.2, 0.25) is 0 Å². The number of anilines is 1. The number of aromatic hydroxyl groups is 1. The molecule has 0 atom stereocenters. The van der Waals surface area contributed by atoms with E-state index in [4.69, 9.17) is 0 Å². The maximum Gasteiger partial charge on any atom is 0.328 e. The van der Waals surface area contributed by atoms with Crippen molar-refractivity contribution in [3.63, 3.8) is 0 Å². The Labute approximate surface area is 220 Å². The van der Waals surface area contributed by atoms with E-state index >= 15 is 0 Å². The summed E-state index contributed by atoms with van der Waals surface area (Å²) in [4.78, 5) is 33.5. The first-order valence-corrected chi connectivity index (χ1v) is 12.6. The van der Waals surface area contributed by atoms with Crippen LogP contribution in [-0.4, -0.2) is 51.1 Å². The minimum Gasteiger partial charge on any atom is -0.493 e. The Hall–Kier alpha value is -4.56. The zero-order valence-corrected chi connectivity index (χ0v) is 21.5. The lowest BCUT2D eigenvalue weighted by atomic mass is 10.0. The molecule has 194 valence electrons. The number of amides is 1. The van der Waals surface area contributed by atoms with Crippen LogP contribution in [0, 0.1) is 0 Å². The van der Waals surface area contributed by atoms with Gasteiger partial charge in [-0.3, -0.25) is 9.36 Å². The third kappa shape index (κ3) is 5.55. The molecule has 8 nitrogen and oxygen atoms in total. The molecule has 0 saturated heterocycles. The molecule has 5 rings (SSSR count). The van der Waals surface area contributed by atoms with Gasteiger partial charge < -0.3 is 25.3 Å². The quantitative estimate of drug-likeness (QED) is 0.237. The molecule has 0 saturated carbocycles. The van der Waals surface area contributed by atoms with E-state index in [1.54, 1.807) is 24.3 Å². The molecule has 0 aliphatic carbocycles. The number of hydrogen-bond donors (Lipinski definition) is 4. The number of likely N-dealkylation sites (N-methyl/N-ethyl adjacent to an activating group) is 1. The smallest absolute Gasteiger partial charge is 0.328 e. The van der Waals surface area contributed by atoms with Crippen LogP contribution in [-0.2, 0) is 19.4 Å². The van der Waals surface area contributed by atoms with Crippen LogP contribution in [0.25, 0.3) is 10.9 Å². The highest BCUT2D eigenvalue weighted by Gasteiger charge is 2.15. The van der Waals surface area contributed by atoms with Gasteiger partial charge in [0.2, 0.25) is 5.88 Å². The normalized spacial score (nSPS) is 11.3. The molecule has 8 heteroatoms. The first-order valence-electron chi connectivity index (χ1n) is 12.6. The Kier molecular flexibility index (Phi) is 7.15. The molecule has 0 aliphatic heterocycles. The van der Waals surface area contributed by atoms with Crippen molar-refractivity contribution >= 4 is 22.5 Å². The third-order valence-corrected chi connectivity index (χ3v) is 6.63. The molecule has 0 unspecified atom stereocenters. The molecule has 5 aromatic rings. The highest BCUT2D eigenvalue weighted by atomic mass is 16.3. The van der Waals surface area contributed by atoms with Crippen LogP contribution in [0.3, 0.4) is 0 Å². The van der Waals surface area contributed by atoms with Gasteiger partial charge in [0, 0.05) is 41.3 Å². The summed E-state index contributed by atoms with van der Waals surface area (Å²) in [6, 6.07) is 22.4. The lowest BCUT2D eigenvalue weighted by Gasteiger charge is -2.09. The largest absolute Gasteiger partial charge is 0.493 e. The van der Waals surface area contributed by atoms with Gasteiger partial charge in [-0.2, -0.15) is 0 Å². The zero-order chi connectivity index (χ0) is 26.6. The van der Waals surface area contributed by atoms with Crippen molar-refractivity contribution in [2.45, 2.75) is 19.4 Å². The molecule has 38 heavy (non-hydrogen) atoms. The van der Waals surface area contributed by atoms with Gasteiger partial charge in [0.25, 0.3) is 5.91 Å². The van der Waals surface area contributed by atoms with Crippen LogP contribution < -0.4 is 11.0 Å². The van der Waals surface area contributed by atoms with E-state index in [2.05, 4.69) is 40.3 Å². The number of nitrogens with zero attached hydrogens (tertiary/aromatic N) is 2. The van der Waals surface area contributed by atoms with E-state index < -0.39 is 0 Å². The van der Waals surface area contributed by atoms with Crippen LogP contribution in [0.4, 0.5) is 5.69 Å². The minimum absolute atomic E-state index is 0.0873. The number of carbonyl (C=O) groups is 1. The molecule has 0 aliphatic rings. The van der Waals surface area contributed by atoms with E-state index in [0.29, 0.717) is 23.4 Å². The summed E-state index contributed by atoms with van der Waals surface area (Å²) < 4.78 is 1.31. The van der Waals surface area contributed by atoms with Crippen LogP contribution in [0.5, 0.6) is 5.88 Å².